The van der Waals surface area contributed by atoms with Gasteiger partial charge in [0, 0.05) is 13.1 Å². The Morgan fingerprint density at radius 1 is 1.50 bits per heavy atom. The molecule has 2 aromatic rings. The van der Waals surface area contributed by atoms with E-state index in [-0.39, 0.29) is 25.0 Å². The Labute approximate surface area is 143 Å². The fourth-order valence-electron chi connectivity index (χ4n) is 2.88. The molecule has 2 aromatic heterocycles. The van der Waals surface area contributed by atoms with Crippen molar-refractivity contribution in [2.75, 3.05) is 13.1 Å². The largest absolute Gasteiger partial charge is 0.481 e. The van der Waals surface area contributed by atoms with Gasteiger partial charge in [0.05, 0.1) is 23.0 Å². The van der Waals surface area contributed by atoms with E-state index in [0.717, 1.165) is 4.88 Å². The standard InChI is InChI=1S/C16H19N3O4S/c1-10-5-11(15(20)21)8-19(7-10)16(22)17-6-12-9-23-14(18-12)13-3-2-4-24-13/h2-4,9-11H,5-8H2,1H3,(H,17,22)(H,20,21). The summed E-state index contributed by atoms with van der Waals surface area (Å²) < 4.78 is 5.41. The van der Waals surface area contributed by atoms with Crippen molar-refractivity contribution in [1.82, 2.24) is 15.2 Å². The van der Waals surface area contributed by atoms with E-state index in [1.807, 2.05) is 24.4 Å². The van der Waals surface area contributed by atoms with E-state index < -0.39 is 11.9 Å². The highest BCUT2D eigenvalue weighted by Gasteiger charge is 2.31. The van der Waals surface area contributed by atoms with Crippen molar-refractivity contribution in [3.8, 4) is 10.8 Å². The van der Waals surface area contributed by atoms with Gasteiger partial charge < -0.3 is 19.7 Å². The molecule has 0 bridgehead atoms. The molecule has 0 aliphatic carbocycles. The summed E-state index contributed by atoms with van der Waals surface area (Å²) in [5.41, 5.74) is 0.631. The second-order valence-electron chi connectivity index (χ2n) is 6.06. The molecule has 1 fully saturated rings. The molecule has 8 heteroatoms. The van der Waals surface area contributed by atoms with Gasteiger partial charge in [0.1, 0.15) is 6.26 Å². The van der Waals surface area contributed by atoms with Gasteiger partial charge in [0.2, 0.25) is 5.89 Å². The number of nitrogens with one attached hydrogen (secondary N) is 1. The molecule has 2 N–H and O–H groups in total. The quantitative estimate of drug-likeness (QED) is 0.885. The maximum atomic E-state index is 12.3. The van der Waals surface area contributed by atoms with Gasteiger partial charge >= 0.3 is 12.0 Å². The number of likely N-dealkylation sites (tertiary alicyclic amines) is 1. The summed E-state index contributed by atoms with van der Waals surface area (Å²) in [5, 5.41) is 13.9. The number of aliphatic carboxylic acids is 1. The molecule has 2 amide bonds. The molecule has 24 heavy (non-hydrogen) atoms. The first-order chi connectivity index (χ1) is 11.5. The molecule has 1 aliphatic heterocycles. The summed E-state index contributed by atoms with van der Waals surface area (Å²) in [4.78, 5) is 30.3. The minimum absolute atomic E-state index is 0.170. The molecule has 0 aromatic carbocycles. The zero-order chi connectivity index (χ0) is 17.1. The van der Waals surface area contributed by atoms with Gasteiger partial charge in [0.25, 0.3) is 0 Å². The first-order valence-electron chi connectivity index (χ1n) is 7.76. The molecule has 0 spiro atoms. The molecule has 7 nitrogen and oxygen atoms in total. The third kappa shape index (κ3) is 3.76. The normalized spacial score (nSPS) is 20.8. The van der Waals surface area contributed by atoms with E-state index in [1.165, 1.54) is 17.6 Å². The number of piperidine rings is 1. The maximum Gasteiger partial charge on any atom is 0.317 e. The van der Waals surface area contributed by atoms with Crippen LogP contribution in [0.2, 0.25) is 0 Å². The highest BCUT2D eigenvalue weighted by atomic mass is 32.1. The Morgan fingerprint density at radius 2 is 2.33 bits per heavy atom. The number of rotatable bonds is 4. The van der Waals surface area contributed by atoms with Gasteiger partial charge in [-0.3, -0.25) is 4.79 Å². The van der Waals surface area contributed by atoms with Gasteiger partial charge in [-0.05, 0) is 23.8 Å². The van der Waals surface area contributed by atoms with Crippen LogP contribution in [-0.4, -0.2) is 40.1 Å². The van der Waals surface area contributed by atoms with E-state index >= 15 is 0 Å². The topological polar surface area (TPSA) is 95.7 Å². The van der Waals surface area contributed by atoms with Crippen LogP contribution in [0.25, 0.3) is 10.8 Å². The molecule has 3 heterocycles. The zero-order valence-corrected chi connectivity index (χ0v) is 14.1. The Bertz CT molecular complexity index is 713. The van der Waals surface area contributed by atoms with Crippen LogP contribution >= 0.6 is 11.3 Å². The van der Waals surface area contributed by atoms with Crippen molar-refractivity contribution < 1.29 is 19.1 Å². The zero-order valence-electron chi connectivity index (χ0n) is 13.3. The lowest BCUT2D eigenvalue weighted by molar-refractivity contribution is -0.143. The molecule has 2 unspecified atom stereocenters. The van der Waals surface area contributed by atoms with Crippen molar-refractivity contribution in [1.29, 1.82) is 0 Å². The lowest BCUT2D eigenvalue weighted by atomic mass is 9.91. The van der Waals surface area contributed by atoms with Crippen molar-refractivity contribution in [3.05, 3.63) is 29.5 Å². The third-order valence-corrected chi connectivity index (χ3v) is 4.86. The Morgan fingerprint density at radius 3 is 3.04 bits per heavy atom. The second-order valence-corrected chi connectivity index (χ2v) is 7.01. The predicted octanol–water partition coefficient (Wildman–Crippen LogP) is 2.66. The van der Waals surface area contributed by atoms with Crippen LogP contribution in [0.4, 0.5) is 4.79 Å². The Kier molecular flexibility index (Phi) is 4.84. The first-order valence-corrected chi connectivity index (χ1v) is 8.64. The van der Waals surface area contributed by atoms with E-state index in [0.29, 0.717) is 24.6 Å². The van der Waals surface area contributed by atoms with E-state index in [9.17, 15) is 14.7 Å². The van der Waals surface area contributed by atoms with Crippen LogP contribution in [0, 0.1) is 11.8 Å². The minimum Gasteiger partial charge on any atom is -0.481 e. The smallest absolute Gasteiger partial charge is 0.317 e. The number of carbonyl (C=O) groups is 2. The summed E-state index contributed by atoms with van der Waals surface area (Å²) in [6, 6.07) is 3.57. The van der Waals surface area contributed by atoms with Gasteiger partial charge in [-0.1, -0.05) is 13.0 Å². The van der Waals surface area contributed by atoms with Crippen molar-refractivity contribution in [2.45, 2.75) is 19.9 Å². The SMILES string of the molecule is CC1CC(C(=O)O)CN(C(=O)NCc2coc(-c3cccs3)n2)C1. The van der Waals surface area contributed by atoms with Gasteiger partial charge in [-0.2, -0.15) is 0 Å². The summed E-state index contributed by atoms with van der Waals surface area (Å²) in [6.45, 7) is 3.01. The van der Waals surface area contributed by atoms with E-state index in [4.69, 9.17) is 4.42 Å². The molecular formula is C16H19N3O4S. The Hall–Kier alpha value is -2.35. The third-order valence-electron chi connectivity index (χ3n) is 4.00. The number of oxazole rings is 1. The van der Waals surface area contributed by atoms with Crippen LogP contribution in [0.5, 0.6) is 0 Å². The number of thiophene rings is 1. The molecule has 128 valence electrons. The predicted molar refractivity (Wildman–Crippen MR) is 88.5 cm³/mol. The summed E-state index contributed by atoms with van der Waals surface area (Å²) in [6.07, 6.45) is 2.13. The fraction of sp³-hybridized carbons (Fsp3) is 0.438. The summed E-state index contributed by atoms with van der Waals surface area (Å²) in [7, 11) is 0. The lowest BCUT2D eigenvalue weighted by Crippen LogP contribution is -2.49. The molecule has 0 saturated carbocycles. The van der Waals surface area contributed by atoms with Gasteiger partial charge in [0.15, 0.2) is 0 Å². The van der Waals surface area contributed by atoms with E-state index in [2.05, 4.69) is 10.3 Å². The average molecular weight is 349 g/mol. The molecule has 1 saturated heterocycles. The minimum atomic E-state index is -0.851. The number of nitrogens with zero attached hydrogens (tertiary/aromatic N) is 2. The van der Waals surface area contributed by atoms with Gasteiger partial charge in [-0.25, -0.2) is 9.78 Å². The van der Waals surface area contributed by atoms with Crippen molar-refractivity contribution >= 4 is 23.3 Å². The van der Waals surface area contributed by atoms with Crippen molar-refractivity contribution in [2.24, 2.45) is 11.8 Å². The van der Waals surface area contributed by atoms with E-state index in [1.54, 1.807) is 4.90 Å². The monoisotopic (exact) mass is 349 g/mol. The van der Waals surface area contributed by atoms with Crippen LogP contribution in [0.15, 0.2) is 28.2 Å². The summed E-state index contributed by atoms with van der Waals surface area (Å²) in [5.74, 6) is -0.650. The molecule has 0 radical (unpaired) electrons. The van der Waals surface area contributed by atoms with Crippen LogP contribution in [0.3, 0.4) is 0 Å². The number of carboxylic acid groups (broad SMARTS) is 1. The Balaban J connectivity index is 1.56. The highest BCUT2D eigenvalue weighted by molar-refractivity contribution is 7.13. The van der Waals surface area contributed by atoms with Crippen LogP contribution in [0.1, 0.15) is 19.0 Å². The number of amides is 2. The molecular weight excluding hydrogens is 330 g/mol. The first kappa shape index (κ1) is 16.5. The number of carboxylic acids is 1. The molecule has 2 atom stereocenters. The number of carbonyl (C=O) groups excluding carboxylic acids is 1. The van der Waals surface area contributed by atoms with Crippen LogP contribution in [-0.2, 0) is 11.3 Å². The highest BCUT2D eigenvalue weighted by Crippen LogP contribution is 2.24. The van der Waals surface area contributed by atoms with Gasteiger partial charge in [-0.15, -0.1) is 11.3 Å². The molecule has 3 rings (SSSR count). The molecule has 1 aliphatic rings. The number of aromatic nitrogens is 1. The second kappa shape index (κ2) is 7.04. The number of hydrogen-bond acceptors (Lipinski definition) is 5. The number of hydrogen-bond donors (Lipinski definition) is 2. The van der Waals surface area contributed by atoms with Crippen molar-refractivity contribution in [3.63, 3.8) is 0 Å². The fourth-order valence-corrected chi connectivity index (χ4v) is 3.53. The summed E-state index contributed by atoms with van der Waals surface area (Å²) >= 11 is 1.53. The maximum absolute atomic E-state index is 12.3. The lowest BCUT2D eigenvalue weighted by Gasteiger charge is -2.34. The van der Waals surface area contributed by atoms with Crippen LogP contribution < -0.4 is 5.32 Å². The number of urea groups is 1. The average Bonchev–Trinajstić information content (AvgIpc) is 3.23.